The Hall–Kier alpha value is -3.63. The van der Waals surface area contributed by atoms with E-state index in [2.05, 4.69) is 41.3 Å². The molecule has 3 fully saturated rings. The summed E-state index contributed by atoms with van der Waals surface area (Å²) in [5.41, 5.74) is 2.50. The lowest BCUT2D eigenvalue weighted by molar-refractivity contribution is -0.135. The van der Waals surface area contributed by atoms with E-state index < -0.39 is 14.1 Å². The van der Waals surface area contributed by atoms with Crippen molar-refractivity contribution in [1.82, 2.24) is 39.7 Å². The molecule has 0 aromatic carbocycles. The quantitative estimate of drug-likeness (QED) is 0.247. The summed E-state index contributed by atoms with van der Waals surface area (Å²) in [5.74, 6) is -0.315. The lowest BCUT2D eigenvalue weighted by atomic mass is 9.97. The average Bonchev–Trinajstić information content (AvgIpc) is 3.37. The van der Waals surface area contributed by atoms with E-state index in [-0.39, 0.29) is 30.4 Å². The highest BCUT2D eigenvalue weighted by atomic mass is 28.3. The summed E-state index contributed by atoms with van der Waals surface area (Å²) in [4.78, 5) is 38.9. The number of aromatic nitrogens is 6. The molecule has 4 heterocycles. The maximum absolute atomic E-state index is 13.9. The lowest BCUT2D eigenvalue weighted by Crippen LogP contribution is -2.51. The maximum Gasteiger partial charge on any atom is 0.255 e. The smallest absolute Gasteiger partial charge is 0.255 e. The summed E-state index contributed by atoms with van der Waals surface area (Å²) in [6, 6.07) is 3.10. The molecule has 0 bridgehead atoms. The molecular formula is C31H43N9O3Si. The summed E-state index contributed by atoms with van der Waals surface area (Å²) in [7, 11) is -1.26. The van der Waals surface area contributed by atoms with Crippen molar-refractivity contribution in [3.63, 3.8) is 0 Å². The van der Waals surface area contributed by atoms with E-state index >= 15 is 0 Å². The van der Waals surface area contributed by atoms with Crippen molar-refractivity contribution in [2.75, 3.05) is 19.7 Å². The standard InChI is InChI=1S/C31H43N9O3Si/c1-44(2,3)15-14-43-20-39-18-24(30(41)35-27(22-8-9-22)31(42)38-12-10-21(16-32)11-13-38)28-29(39)33-17-25(34-28)26-19-40(37-36-26)23-6-4-5-7-23/h17-19,21-23,27H,4-15,20H2,1-3H3,(H,35,41)/t27-/m1/s1. The van der Waals surface area contributed by atoms with E-state index in [9.17, 15) is 14.9 Å². The molecule has 44 heavy (non-hydrogen) atoms. The molecule has 13 heteroatoms. The van der Waals surface area contributed by atoms with Gasteiger partial charge in [0.25, 0.3) is 5.91 Å². The van der Waals surface area contributed by atoms with Gasteiger partial charge in [-0.25, -0.2) is 14.6 Å². The summed E-state index contributed by atoms with van der Waals surface area (Å²) < 4.78 is 9.77. The Kier molecular flexibility index (Phi) is 8.82. The van der Waals surface area contributed by atoms with Crippen molar-refractivity contribution in [1.29, 1.82) is 5.26 Å². The molecule has 2 aliphatic carbocycles. The number of hydrogen-bond donors (Lipinski definition) is 1. The van der Waals surface area contributed by atoms with E-state index in [1.807, 2.05) is 15.4 Å². The number of nitriles is 1. The Morgan fingerprint density at radius 3 is 2.52 bits per heavy atom. The predicted molar refractivity (Wildman–Crippen MR) is 167 cm³/mol. The van der Waals surface area contributed by atoms with Crippen LogP contribution >= 0.6 is 0 Å². The van der Waals surface area contributed by atoms with Gasteiger partial charge in [-0.3, -0.25) is 9.59 Å². The predicted octanol–water partition coefficient (Wildman–Crippen LogP) is 4.39. The molecule has 1 saturated heterocycles. The Morgan fingerprint density at radius 2 is 1.84 bits per heavy atom. The van der Waals surface area contributed by atoms with Gasteiger partial charge in [-0.05, 0) is 50.5 Å². The average molecular weight is 618 g/mol. The minimum absolute atomic E-state index is 0.0142. The monoisotopic (exact) mass is 617 g/mol. The summed E-state index contributed by atoms with van der Waals surface area (Å²) in [6.07, 6.45) is 13.0. The van der Waals surface area contributed by atoms with Gasteiger partial charge in [0.05, 0.1) is 30.1 Å². The van der Waals surface area contributed by atoms with Crippen molar-refractivity contribution in [3.8, 4) is 17.5 Å². The van der Waals surface area contributed by atoms with E-state index in [4.69, 9.17) is 14.7 Å². The fourth-order valence-corrected chi connectivity index (χ4v) is 6.93. The largest absolute Gasteiger partial charge is 0.361 e. The Bertz CT molecular complexity index is 1540. The first-order valence-electron chi connectivity index (χ1n) is 16.1. The van der Waals surface area contributed by atoms with Gasteiger partial charge in [0.1, 0.15) is 29.7 Å². The van der Waals surface area contributed by atoms with Crippen LogP contribution in [-0.2, 0) is 16.3 Å². The van der Waals surface area contributed by atoms with Gasteiger partial charge >= 0.3 is 0 Å². The van der Waals surface area contributed by atoms with Gasteiger partial charge in [0.15, 0.2) is 5.65 Å². The maximum atomic E-state index is 13.9. The van der Waals surface area contributed by atoms with Crippen LogP contribution in [0.1, 0.15) is 67.8 Å². The number of likely N-dealkylation sites (tertiary alicyclic amines) is 1. The normalized spacial score (nSPS) is 18.9. The van der Waals surface area contributed by atoms with Crippen LogP contribution < -0.4 is 5.32 Å². The third-order valence-corrected chi connectivity index (χ3v) is 10.8. The summed E-state index contributed by atoms with van der Waals surface area (Å²) in [6.45, 7) is 8.89. The molecule has 1 atom stereocenters. The van der Waals surface area contributed by atoms with Crippen molar-refractivity contribution in [2.45, 2.75) is 95.9 Å². The fourth-order valence-electron chi connectivity index (χ4n) is 6.18. The number of nitrogens with one attached hydrogen (secondary N) is 1. The minimum atomic E-state index is -1.26. The van der Waals surface area contributed by atoms with E-state index in [0.717, 1.165) is 31.7 Å². The van der Waals surface area contributed by atoms with Gasteiger partial charge in [0.2, 0.25) is 5.91 Å². The highest BCUT2D eigenvalue weighted by Crippen LogP contribution is 2.35. The third kappa shape index (κ3) is 6.86. The summed E-state index contributed by atoms with van der Waals surface area (Å²) >= 11 is 0. The molecule has 3 aromatic rings. The molecule has 6 rings (SSSR count). The summed E-state index contributed by atoms with van der Waals surface area (Å²) in [5, 5.41) is 21.1. The zero-order chi connectivity index (χ0) is 30.8. The number of rotatable bonds is 11. The number of nitrogens with zero attached hydrogens (tertiary/aromatic N) is 8. The van der Waals surface area contributed by atoms with Crippen molar-refractivity contribution in [3.05, 3.63) is 24.2 Å². The number of carbonyl (C=O) groups excluding carboxylic acids is 2. The number of amides is 2. The third-order valence-electron chi connectivity index (χ3n) is 9.14. The molecule has 0 spiro atoms. The topological polar surface area (TPSA) is 144 Å². The number of piperidine rings is 1. The van der Waals surface area contributed by atoms with Crippen LogP contribution in [0.4, 0.5) is 0 Å². The SMILES string of the molecule is C[Si](C)(C)CCOCn1cc(C(=O)N[C@@H](C(=O)N2CCC(C#N)CC2)C2CC2)c2nc(-c3cn(C4CCCC4)nn3)cnc21. The Labute approximate surface area is 259 Å². The van der Waals surface area contributed by atoms with Crippen LogP contribution in [-0.4, -0.2) is 80.1 Å². The van der Waals surface area contributed by atoms with Gasteiger partial charge in [-0.1, -0.05) is 37.7 Å². The molecule has 1 aliphatic heterocycles. The van der Waals surface area contributed by atoms with Crippen molar-refractivity contribution < 1.29 is 14.3 Å². The van der Waals surface area contributed by atoms with E-state index in [1.54, 1.807) is 17.3 Å². The van der Waals surface area contributed by atoms with Crippen LogP contribution in [0.3, 0.4) is 0 Å². The van der Waals surface area contributed by atoms with Crippen LogP contribution in [0.25, 0.3) is 22.6 Å². The Morgan fingerprint density at radius 1 is 1.09 bits per heavy atom. The van der Waals surface area contributed by atoms with E-state index in [1.165, 1.54) is 12.8 Å². The van der Waals surface area contributed by atoms with Crippen molar-refractivity contribution >= 4 is 31.1 Å². The van der Waals surface area contributed by atoms with Crippen LogP contribution in [0.5, 0.6) is 0 Å². The minimum Gasteiger partial charge on any atom is -0.361 e. The zero-order valence-corrected chi connectivity index (χ0v) is 27.0. The number of fused-ring (bicyclic) bond motifs is 1. The van der Waals surface area contributed by atoms with Crippen molar-refractivity contribution in [2.24, 2.45) is 11.8 Å². The molecule has 0 radical (unpaired) electrons. The first kappa shape index (κ1) is 30.4. The highest BCUT2D eigenvalue weighted by molar-refractivity contribution is 6.76. The van der Waals surface area contributed by atoms with Crippen LogP contribution in [0, 0.1) is 23.2 Å². The molecule has 3 aliphatic rings. The molecule has 3 aromatic heterocycles. The molecule has 1 N–H and O–H groups in total. The highest BCUT2D eigenvalue weighted by Gasteiger charge is 2.40. The first-order chi connectivity index (χ1) is 21.2. The fraction of sp³-hybridized carbons (Fsp3) is 0.645. The lowest BCUT2D eigenvalue weighted by Gasteiger charge is -2.32. The number of hydrogen-bond acceptors (Lipinski definition) is 8. The molecule has 234 valence electrons. The second-order valence-electron chi connectivity index (χ2n) is 13.8. The number of carbonyl (C=O) groups is 2. The molecular weight excluding hydrogens is 574 g/mol. The van der Waals surface area contributed by atoms with Gasteiger partial charge in [0, 0.05) is 39.9 Å². The first-order valence-corrected chi connectivity index (χ1v) is 19.8. The second-order valence-corrected chi connectivity index (χ2v) is 19.4. The van der Waals surface area contributed by atoms with Crippen LogP contribution in [0.2, 0.25) is 25.7 Å². The van der Waals surface area contributed by atoms with Crippen LogP contribution in [0.15, 0.2) is 18.6 Å². The van der Waals surface area contributed by atoms with Gasteiger partial charge in [-0.2, -0.15) is 5.26 Å². The van der Waals surface area contributed by atoms with Gasteiger partial charge < -0.3 is 19.5 Å². The second kappa shape index (κ2) is 12.8. The van der Waals surface area contributed by atoms with Gasteiger partial charge in [-0.15, -0.1) is 5.10 Å². The molecule has 0 unspecified atom stereocenters. The molecule has 2 amide bonds. The number of ether oxygens (including phenoxy) is 1. The molecule has 2 saturated carbocycles. The zero-order valence-electron chi connectivity index (χ0n) is 26.0. The Balaban J connectivity index is 1.26. The molecule has 12 nitrogen and oxygen atoms in total. The van der Waals surface area contributed by atoms with E-state index in [0.29, 0.717) is 66.7 Å².